The number of benzene rings is 1. The average Bonchev–Trinajstić information content (AvgIpc) is 2.39. The van der Waals surface area contributed by atoms with Crippen LogP contribution < -0.4 is 10.2 Å². The third-order valence-corrected chi connectivity index (χ3v) is 4.03. The van der Waals surface area contributed by atoms with Crippen LogP contribution in [-0.4, -0.2) is 27.2 Å². The minimum Gasteiger partial charge on any atom is -0.378 e. The summed E-state index contributed by atoms with van der Waals surface area (Å²) in [6.07, 6.45) is 2.63. The molecule has 1 aliphatic heterocycles. The summed E-state index contributed by atoms with van der Waals surface area (Å²) >= 11 is 0. The van der Waals surface area contributed by atoms with Crippen LogP contribution in [0.25, 0.3) is 0 Å². The van der Waals surface area contributed by atoms with E-state index in [9.17, 15) is 0 Å². The van der Waals surface area contributed by atoms with Gasteiger partial charge in [0.2, 0.25) is 0 Å². The lowest BCUT2D eigenvalue weighted by molar-refractivity contribution is 0.330. The molecule has 17 heavy (non-hydrogen) atoms. The number of rotatable bonds is 3. The number of nitrogens with zero attached hydrogens (tertiary/aromatic N) is 1. The highest BCUT2D eigenvalue weighted by atomic mass is 15.1. The molecular weight excluding hydrogens is 208 g/mol. The van der Waals surface area contributed by atoms with E-state index in [2.05, 4.69) is 55.5 Å². The molecule has 0 amide bonds. The van der Waals surface area contributed by atoms with Crippen LogP contribution >= 0.6 is 0 Å². The van der Waals surface area contributed by atoms with E-state index in [1.807, 2.05) is 0 Å². The molecule has 1 aromatic carbocycles. The zero-order chi connectivity index (χ0) is 12.3. The predicted molar refractivity (Wildman–Crippen MR) is 74.8 cm³/mol. The first-order chi connectivity index (χ1) is 8.18. The van der Waals surface area contributed by atoms with Gasteiger partial charge in [-0.05, 0) is 55.5 Å². The zero-order valence-corrected chi connectivity index (χ0v) is 11.2. The first-order valence-electron chi connectivity index (χ1n) is 6.66. The topological polar surface area (TPSA) is 15.3 Å². The van der Waals surface area contributed by atoms with Crippen LogP contribution in [0.5, 0.6) is 0 Å². The second-order valence-electron chi connectivity index (χ2n) is 5.36. The summed E-state index contributed by atoms with van der Waals surface area (Å²) in [6.45, 7) is 4.75. The van der Waals surface area contributed by atoms with Crippen LogP contribution in [0.15, 0.2) is 24.3 Å². The van der Waals surface area contributed by atoms with E-state index >= 15 is 0 Å². The number of piperidine rings is 1. The van der Waals surface area contributed by atoms with Gasteiger partial charge in [0.05, 0.1) is 0 Å². The lowest BCUT2D eigenvalue weighted by atomic mass is 9.82. The van der Waals surface area contributed by atoms with Gasteiger partial charge in [0.25, 0.3) is 0 Å². The zero-order valence-electron chi connectivity index (χ0n) is 11.2. The molecule has 1 fully saturated rings. The van der Waals surface area contributed by atoms with E-state index in [0.717, 1.165) is 5.92 Å². The quantitative estimate of drug-likeness (QED) is 0.862. The van der Waals surface area contributed by atoms with Crippen molar-refractivity contribution in [2.75, 3.05) is 32.1 Å². The van der Waals surface area contributed by atoms with Gasteiger partial charge in [-0.1, -0.05) is 19.1 Å². The molecule has 2 nitrogen and oxygen atoms in total. The maximum Gasteiger partial charge on any atom is 0.0361 e. The second-order valence-corrected chi connectivity index (χ2v) is 5.36. The van der Waals surface area contributed by atoms with E-state index in [1.54, 1.807) is 0 Å². The fourth-order valence-corrected chi connectivity index (χ4v) is 2.69. The Balaban J connectivity index is 2.05. The monoisotopic (exact) mass is 232 g/mol. The Kier molecular flexibility index (Phi) is 4.06. The summed E-state index contributed by atoms with van der Waals surface area (Å²) in [5.74, 6) is 1.54. The van der Waals surface area contributed by atoms with E-state index in [4.69, 9.17) is 0 Å². The normalized spacial score (nSPS) is 19.0. The molecule has 0 saturated carbocycles. The van der Waals surface area contributed by atoms with E-state index in [-0.39, 0.29) is 0 Å². The molecule has 1 saturated heterocycles. The first kappa shape index (κ1) is 12.4. The first-order valence-corrected chi connectivity index (χ1v) is 6.66. The van der Waals surface area contributed by atoms with Crippen molar-refractivity contribution in [1.82, 2.24) is 5.32 Å². The highest BCUT2D eigenvalue weighted by Gasteiger charge is 2.20. The van der Waals surface area contributed by atoms with Crippen LogP contribution in [-0.2, 0) is 0 Å². The fourth-order valence-electron chi connectivity index (χ4n) is 2.69. The molecule has 0 aliphatic carbocycles. The van der Waals surface area contributed by atoms with Gasteiger partial charge in [-0.25, -0.2) is 0 Å². The Morgan fingerprint density at radius 2 is 1.71 bits per heavy atom. The SMILES string of the molecule is CC(c1ccc(N(C)C)cc1)C1CCNCC1. The number of nitrogens with one attached hydrogen (secondary N) is 1. The van der Waals surface area contributed by atoms with Crippen LogP contribution in [0, 0.1) is 5.92 Å². The molecular formula is C15H24N2. The molecule has 1 atom stereocenters. The average molecular weight is 232 g/mol. The Hall–Kier alpha value is -1.02. The van der Waals surface area contributed by atoms with Gasteiger partial charge in [-0.15, -0.1) is 0 Å². The lowest BCUT2D eigenvalue weighted by Crippen LogP contribution is -2.30. The Morgan fingerprint density at radius 3 is 2.24 bits per heavy atom. The van der Waals surface area contributed by atoms with Crippen molar-refractivity contribution in [3.63, 3.8) is 0 Å². The van der Waals surface area contributed by atoms with Crippen molar-refractivity contribution in [2.24, 2.45) is 5.92 Å². The van der Waals surface area contributed by atoms with Gasteiger partial charge >= 0.3 is 0 Å². The van der Waals surface area contributed by atoms with Crippen molar-refractivity contribution in [1.29, 1.82) is 0 Å². The van der Waals surface area contributed by atoms with Gasteiger partial charge in [0.1, 0.15) is 0 Å². The summed E-state index contributed by atoms with van der Waals surface area (Å²) in [4.78, 5) is 2.15. The molecule has 1 aromatic rings. The van der Waals surface area contributed by atoms with Crippen molar-refractivity contribution in [3.8, 4) is 0 Å². The third kappa shape index (κ3) is 3.01. The molecule has 1 heterocycles. The van der Waals surface area contributed by atoms with E-state index < -0.39 is 0 Å². The predicted octanol–water partition coefficient (Wildman–Crippen LogP) is 2.86. The maximum atomic E-state index is 3.44. The summed E-state index contributed by atoms with van der Waals surface area (Å²) in [5, 5.41) is 3.44. The highest BCUT2D eigenvalue weighted by molar-refractivity contribution is 5.46. The largest absolute Gasteiger partial charge is 0.378 e. The lowest BCUT2D eigenvalue weighted by Gasteiger charge is -2.28. The molecule has 0 bridgehead atoms. The summed E-state index contributed by atoms with van der Waals surface area (Å²) in [7, 11) is 4.18. The second kappa shape index (κ2) is 5.54. The number of hydrogen-bond donors (Lipinski definition) is 1. The minimum absolute atomic E-state index is 0.688. The van der Waals surface area contributed by atoms with Crippen molar-refractivity contribution >= 4 is 5.69 Å². The van der Waals surface area contributed by atoms with Gasteiger partial charge < -0.3 is 10.2 Å². The minimum atomic E-state index is 0.688. The Bertz CT molecular complexity index is 336. The fraction of sp³-hybridized carbons (Fsp3) is 0.600. The summed E-state index contributed by atoms with van der Waals surface area (Å²) in [6, 6.07) is 9.05. The Morgan fingerprint density at radius 1 is 1.12 bits per heavy atom. The summed E-state index contributed by atoms with van der Waals surface area (Å²) < 4.78 is 0. The van der Waals surface area contributed by atoms with Gasteiger partial charge in [-0.3, -0.25) is 0 Å². The van der Waals surface area contributed by atoms with Gasteiger partial charge in [0.15, 0.2) is 0 Å². The standard InChI is InChI=1S/C15H24N2/c1-12(14-8-10-16-11-9-14)13-4-6-15(7-5-13)17(2)3/h4-7,12,14,16H,8-11H2,1-3H3. The van der Waals surface area contributed by atoms with Gasteiger partial charge in [-0.2, -0.15) is 0 Å². The number of anilines is 1. The molecule has 1 unspecified atom stereocenters. The molecule has 1 aliphatic rings. The molecule has 0 radical (unpaired) electrons. The smallest absolute Gasteiger partial charge is 0.0361 e. The molecule has 0 spiro atoms. The maximum absolute atomic E-state index is 3.44. The van der Waals surface area contributed by atoms with Crippen LogP contribution in [0.4, 0.5) is 5.69 Å². The molecule has 94 valence electrons. The molecule has 2 rings (SSSR count). The van der Waals surface area contributed by atoms with Crippen molar-refractivity contribution in [2.45, 2.75) is 25.7 Å². The molecule has 2 heteroatoms. The number of hydrogen-bond acceptors (Lipinski definition) is 2. The highest BCUT2D eigenvalue weighted by Crippen LogP contribution is 2.31. The summed E-state index contributed by atoms with van der Waals surface area (Å²) in [5.41, 5.74) is 2.77. The van der Waals surface area contributed by atoms with E-state index in [0.29, 0.717) is 5.92 Å². The van der Waals surface area contributed by atoms with Crippen LogP contribution in [0.2, 0.25) is 0 Å². The van der Waals surface area contributed by atoms with Crippen LogP contribution in [0.1, 0.15) is 31.2 Å². The molecule has 0 aromatic heterocycles. The van der Waals surface area contributed by atoms with Crippen molar-refractivity contribution in [3.05, 3.63) is 29.8 Å². The Labute approximate surface area is 105 Å². The molecule has 1 N–H and O–H groups in total. The van der Waals surface area contributed by atoms with E-state index in [1.165, 1.54) is 37.2 Å². The van der Waals surface area contributed by atoms with Crippen LogP contribution in [0.3, 0.4) is 0 Å². The van der Waals surface area contributed by atoms with Crippen molar-refractivity contribution < 1.29 is 0 Å². The third-order valence-electron chi connectivity index (χ3n) is 4.03. The van der Waals surface area contributed by atoms with Gasteiger partial charge in [0, 0.05) is 19.8 Å².